The van der Waals surface area contributed by atoms with Crippen molar-refractivity contribution in [1.82, 2.24) is 15.2 Å². The van der Waals surface area contributed by atoms with E-state index in [1.807, 2.05) is 67.6 Å². The highest BCUT2D eigenvalue weighted by Crippen LogP contribution is 2.24. The fourth-order valence-electron chi connectivity index (χ4n) is 4.10. The van der Waals surface area contributed by atoms with Gasteiger partial charge >= 0.3 is 0 Å². The van der Waals surface area contributed by atoms with Crippen LogP contribution in [0.25, 0.3) is 5.69 Å². The van der Waals surface area contributed by atoms with E-state index in [-0.39, 0.29) is 17.3 Å². The monoisotopic (exact) mass is 470 g/mol. The summed E-state index contributed by atoms with van der Waals surface area (Å²) in [6.45, 7) is 3.70. The number of halogens is 1. The minimum atomic E-state index is -0.550. The molecule has 0 atom stereocenters. The Morgan fingerprint density at radius 3 is 2.09 bits per heavy atom. The van der Waals surface area contributed by atoms with E-state index in [4.69, 9.17) is 0 Å². The summed E-state index contributed by atoms with van der Waals surface area (Å²) in [5.41, 5.74) is 6.06. The molecule has 1 heterocycles. The number of carbonyl (C=O) groups is 1. The lowest BCUT2D eigenvalue weighted by Gasteiger charge is -2.16. The van der Waals surface area contributed by atoms with Crippen LogP contribution in [0.3, 0.4) is 0 Å². The summed E-state index contributed by atoms with van der Waals surface area (Å²) in [6, 6.07) is 24.7. The van der Waals surface area contributed by atoms with Crippen LogP contribution in [-0.2, 0) is 11.2 Å². The van der Waals surface area contributed by atoms with E-state index in [1.54, 1.807) is 6.92 Å². The van der Waals surface area contributed by atoms with Crippen LogP contribution in [0.2, 0.25) is 0 Å². The van der Waals surface area contributed by atoms with Crippen molar-refractivity contribution in [2.45, 2.75) is 32.6 Å². The molecule has 1 amide bonds. The molecule has 0 fully saturated rings. The van der Waals surface area contributed by atoms with Crippen molar-refractivity contribution in [1.29, 1.82) is 0 Å². The molecule has 3 aromatic carbocycles. The maximum absolute atomic E-state index is 13.4. The first-order chi connectivity index (χ1) is 17.0. The van der Waals surface area contributed by atoms with E-state index in [2.05, 4.69) is 15.6 Å². The van der Waals surface area contributed by atoms with Crippen LogP contribution in [0.1, 0.15) is 48.6 Å². The second-order valence-electron chi connectivity index (χ2n) is 8.26. The Morgan fingerprint density at radius 1 is 0.971 bits per heavy atom. The smallest absolute Gasteiger partial charge is 0.280 e. The van der Waals surface area contributed by atoms with Crippen LogP contribution in [0, 0.1) is 5.82 Å². The van der Waals surface area contributed by atoms with Crippen molar-refractivity contribution < 1.29 is 9.18 Å². The van der Waals surface area contributed by atoms with Crippen LogP contribution in [-0.4, -0.2) is 21.4 Å². The first kappa shape index (κ1) is 23.9. The third kappa shape index (κ3) is 5.30. The molecule has 0 bridgehead atoms. The molecule has 178 valence electrons. The summed E-state index contributed by atoms with van der Waals surface area (Å²) in [6.07, 6.45) is 1.43. The molecule has 4 aromatic rings. The number of aromatic amines is 1. The summed E-state index contributed by atoms with van der Waals surface area (Å²) in [5, 5.41) is 7.43. The van der Waals surface area contributed by atoms with Crippen LogP contribution in [0.5, 0.6) is 0 Å². The van der Waals surface area contributed by atoms with Gasteiger partial charge in [-0.25, -0.2) is 14.5 Å². The van der Waals surface area contributed by atoms with Crippen molar-refractivity contribution in [2.75, 3.05) is 0 Å². The number of aromatic nitrogens is 2. The second-order valence-corrected chi connectivity index (χ2v) is 8.26. The number of hydrogen-bond donors (Lipinski definition) is 2. The average Bonchev–Trinajstić information content (AvgIpc) is 3.20. The third-order valence-electron chi connectivity index (χ3n) is 5.77. The molecule has 0 unspecified atom stereocenters. The van der Waals surface area contributed by atoms with Gasteiger partial charge in [-0.2, -0.15) is 5.10 Å². The van der Waals surface area contributed by atoms with Crippen molar-refractivity contribution >= 4 is 11.6 Å². The lowest BCUT2D eigenvalue weighted by atomic mass is 9.91. The standard InChI is InChI=1S/C28H27FN4O2/c1-3-10-24-25(28(35)33(32-24)23-17-15-22(29)16-18-23)19(2)30-31-27(34)26(20-11-6-4-7-12-20)21-13-8-5-9-14-21/h4-9,11-18,26,32H,3,10H2,1-2H3,(H,31,34)/b30-19+. The Bertz CT molecular complexity index is 1330. The molecule has 0 radical (unpaired) electrons. The number of benzene rings is 3. The number of nitrogens with one attached hydrogen (secondary N) is 2. The molecule has 0 spiro atoms. The van der Waals surface area contributed by atoms with E-state index in [9.17, 15) is 14.0 Å². The molecule has 0 aliphatic carbocycles. The van der Waals surface area contributed by atoms with E-state index < -0.39 is 5.92 Å². The van der Waals surface area contributed by atoms with Gasteiger partial charge in [0.15, 0.2) is 0 Å². The van der Waals surface area contributed by atoms with Gasteiger partial charge in [-0.15, -0.1) is 0 Å². The van der Waals surface area contributed by atoms with Gasteiger partial charge in [0.05, 0.1) is 22.9 Å². The summed E-state index contributed by atoms with van der Waals surface area (Å²) in [7, 11) is 0. The topological polar surface area (TPSA) is 79.2 Å². The molecule has 35 heavy (non-hydrogen) atoms. The van der Waals surface area contributed by atoms with E-state index in [0.29, 0.717) is 29.1 Å². The summed E-state index contributed by atoms with van der Waals surface area (Å²) in [4.78, 5) is 26.5. The van der Waals surface area contributed by atoms with E-state index in [1.165, 1.54) is 28.9 Å². The van der Waals surface area contributed by atoms with Crippen molar-refractivity contribution in [3.63, 3.8) is 0 Å². The van der Waals surface area contributed by atoms with E-state index in [0.717, 1.165) is 17.5 Å². The second kappa shape index (κ2) is 10.8. The van der Waals surface area contributed by atoms with Crippen molar-refractivity contribution in [3.8, 4) is 5.69 Å². The predicted molar refractivity (Wildman–Crippen MR) is 135 cm³/mol. The number of nitrogens with zero attached hydrogens (tertiary/aromatic N) is 2. The molecule has 1 aromatic heterocycles. The minimum absolute atomic E-state index is 0.298. The molecule has 6 nitrogen and oxygen atoms in total. The van der Waals surface area contributed by atoms with Crippen LogP contribution >= 0.6 is 0 Å². The summed E-state index contributed by atoms with van der Waals surface area (Å²) in [5.74, 6) is -1.23. The molecule has 4 rings (SSSR count). The van der Waals surface area contributed by atoms with Gasteiger partial charge in [0, 0.05) is 5.69 Å². The maximum atomic E-state index is 13.4. The van der Waals surface area contributed by atoms with Gasteiger partial charge < -0.3 is 0 Å². The third-order valence-corrected chi connectivity index (χ3v) is 5.77. The first-order valence-electron chi connectivity index (χ1n) is 11.5. The Balaban J connectivity index is 1.66. The molecule has 0 saturated heterocycles. The molecular weight excluding hydrogens is 443 g/mol. The zero-order valence-corrected chi connectivity index (χ0v) is 19.7. The fraction of sp³-hybridized carbons (Fsp3) is 0.179. The van der Waals surface area contributed by atoms with Gasteiger partial charge in [0.1, 0.15) is 5.82 Å². The maximum Gasteiger partial charge on any atom is 0.280 e. The van der Waals surface area contributed by atoms with E-state index >= 15 is 0 Å². The Hall–Kier alpha value is -4.26. The van der Waals surface area contributed by atoms with Crippen molar-refractivity contribution in [2.24, 2.45) is 5.10 Å². The molecule has 0 aliphatic heterocycles. The van der Waals surface area contributed by atoms with Crippen molar-refractivity contribution in [3.05, 3.63) is 123 Å². The zero-order chi connectivity index (χ0) is 24.8. The van der Waals surface area contributed by atoms with Gasteiger partial charge in [0.2, 0.25) is 0 Å². The quantitative estimate of drug-likeness (QED) is 0.283. The number of aryl methyl sites for hydroxylation is 1. The predicted octanol–water partition coefficient (Wildman–Crippen LogP) is 4.93. The molecule has 0 aliphatic rings. The van der Waals surface area contributed by atoms with Gasteiger partial charge in [0.25, 0.3) is 11.5 Å². The molecule has 0 saturated carbocycles. The number of hydrogen-bond acceptors (Lipinski definition) is 3. The Labute approximate surface area is 203 Å². The van der Waals surface area contributed by atoms with Gasteiger partial charge in [-0.3, -0.25) is 14.7 Å². The molecule has 2 N–H and O–H groups in total. The number of hydrazone groups is 1. The Kier molecular flexibility index (Phi) is 7.35. The fourth-order valence-corrected chi connectivity index (χ4v) is 4.10. The van der Waals surface area contributed by atoms with Crippen LogP contribution in [0.15, 0.2) is 94.8 Å². The normalized spacial score (nSPS) is 11.6. The highest BCUT2D eigenvalue weighted by Gasteiger charge is 2.23. The zero-order valence-electron chi connectivity index (χ0n) is 19.7. The number of carbonyl (C=O) groups excluding carboxylic acids is 1. The number of rotatable bonds is 8. The summed E-state index contributed by atoms with van der Waals surface area (Å²) < 4.78 is 14.7. The lowest BCUT2D eigenvalue weighted by Crippen LogP contribution is -2.28. The Morgan fingerprint density at radius 2 is 1.54 bits per heavy atom. The van der Waals surface area contributed by atoms with Gasteiger partial charge in [-0.05, 0) is 48.7 Å². The van der Waals surface area contributed by atoms with Gasteiger partial charge in [-0.1, -0.05) is 74.0 Å². The SMILES string of the molecule is CCCc1[nH]n(-c2ccc(F)cc2)c(=O)c1/C(C)=N/NC(=O)C(c1ccccc1)c1ccccc1. The number of amides is 1. The highest BCUT2D eigenvalue weighted by atomic mass is 19.1. The summed E-state index contributed by atoms with van der Waals surface area (Å²) >= 11 is 0. The first-order valence-corrected chi connectivity index (χ1v) is 11.5. The molecular formula is C28H27FN4O2. The molecule has 7 heteroatoms. The lowest BCUT2D eigenvalue weighted by molar-refractivity contribution is -0.121. The van der Waals surface area contributed by atoms with Crippen LogP contribution < -0.4 is 11.0 Å². The van der Waals surface area contributed by atoms with Crippen LogP contribution in [0.4, 0.5) is 4.39 Å². The largest absolute Gasteiger partial charge is 0.294 e. The highest BCUT2D eigenvalue weighted by molar-refractivity contribution is 6.00. The minimum Gasteiger partial charge on any atom is -0.294 e. The number of H-pyrrole nitrogens is 1. The average molecular weight is 471 g/mol.